The lowest BCUT2D eigenvalue weighted by atomic mass is 10.0. The first kappa shape index (κ1) is 29.4. The average Bonchev–Trinajstić information content (AvgIpc) is 2.89. The topological polar surface area (TPSA) is 49.4 Å². The first-order valence-electron chi connectivity index (χ1n) is 12.2. The van der Waals surface area contributed by atoms with E-state index >= 15 is 0 Å². The highest BCUT2D eigenvalue weighted by molar-refractivity contribution is 7.99. The molecule has 3 rings (SSSR count). The SMILES string of the molecule is CC[C@@H](C)NC(=O)[C@@H](Cc1ccccc1)N(Cc1ccccc1Cl)C(=O)CSCc1c(Cl)cccc1Cl. The van der Waals surface area contributed by atoms with Crippen molar-refractivity contribution in [3.8, 4) is 0 Å². The second-order valence-corrected chi connectivity index (χ2v) is 11.0. The molecule has 4 nitrogen and oxygen atoms in total. The zero-order chi connectivity index (χ0) is 26.8. The van der Waals surface area contributed by atoms with Gasteiger partial charge in [-0.3, -0.25) is 9.59 Å². The maximum Gasteiger partial charge on any atom is 0.243 e. The summed E-state index contributed by atoms with van der Waals surface area (Å²) in [6, 6.07) is 21.8. The average molecular weight is 578 g/mol. The van der Waals surface area contributed by atoms with Crippen molar-refractivity contribution < 1.29 is 9.59 Å². The van der Waals surface area contributed by atoms with Crippen molar-refractivity contribution >= 4 is 58.4 Å². The van der Waals surface area contributed by atoms with E-state index in [1.807, 2.05) is 62.4 Å². The van der Waals surface area contributed by atoms with Crippen molar-refractivity contribution in [2.24, 2.45) is 0 Å². The Kier molecular flexibility index (Phi) is 11.7. The molecular weight excluding hydrogens is 547 g/mol. The molecule has 0 saturated heterocycles. The minimum absolute atomic E-state index is 0.0141. The molecule has 0 aliphatic carbocycles. The van der Waals surface area contributed by atoms with Crippen LogP contribution in [0.4, 0.5) is 0 Å². The number of halogens is 3. The summed E-state index contributed by atoms with van der Waals surface area (Å²) in [5, 5.41) is 4.76. The molecule has 0 aliphatic rings. The van der Waals surface area contributed by atoms with Crippen LogP contribution in [0.15, 0.2) is 72.8 Å². The van der Waals surface area contributed by atoms with Gasteiger partial charge in [0.1, 0.15) is 6.04 Å². The van der Waals surface area contributed by atoms with Crippen LogP contribution in [0.1, 0.15) is 37.0 Å². The summed E-state index contributed by atoms with van der Waals surface area (Å²) in [6.45, 7) is 4.19. The van der Waals surface area contributed by atoms with Crippen molar-refractivity contribution in [2.45, 2.75) is 51.1 Å². The van der Waals surface area contributed by atoms with E-state index in [0.29, 0.717) is 27.2 Å². The first-order valence-corrected chi connectivity index (χ1v) is 14.5. The highest BCUT2D eigenvalue weighted by atomic mass is 35.5. The van der Waals surface area contributed by atoms with Gasteiger partial charge in [-0.1, -0.05) is 96.3 Å². The molecule has 196 valence electrons. The molecule has 0 heterocycles. The molecule has 2 atom stereocenters. The lowest BCUT2D eigenvalue weighted by Gasteiger charge is -2.32. The number of hydrogen-bond acceptors (Lipinski definition) is 3. The van der Waals surface area contributed by atoms with E-state index in [1.54, 1.807) is 29.2 Å². The van der Waals surface area contributed by atoms with Crippen LogP contribution in [0, 0.1) is 0 Å². The third-order valence-electron chi connectivity index (χ3n) is 6.10. The molecule has 0 spiro atoms. The van der Waals surface area contributed by atoms with E-state index in [0.717, 1.165) is 23.1 Å². The van der Waals surface area contributed by atoms with Crippen molar-refractivity contribution in [3.63, 3.8) is 0 Å². The number of carbonyl (C=O) groups excluding carboxylic acids is 2. The quantitative estimate of drug-likeness (QED) is 0.243. The number of carbonyl (C=O) groups is 2. The minimum Gasteiger partial charge on any atom is -0.352 e. The molecule has 1 N–H and O–H groups in total. The van der Waals surface area contributed by atoms with Crippen LogP contribution in [0.5, 0.6) is 0 Å². The number of thioether (sulfide) groups is 1. The van der Waals surface area contributed by atoms with Gasteiger partial charge in [0.05, 0.1) is 5.75 Å². The zero-order valence-corrected chi connectivity index (χ0v) is 24.0. The fourth-order valence-corrected chi connectivity index (χ4v) is 5.64. The molecule has 0 unspecified atom stereocenters. The molecule has 0 fully saturated rings. The van der Waals surface area contributed by atoms with Crippen LogP contribution in [0.2, 0.25) is 15.1 Å². The molecule has 0 saturated carbocycles. The predicted molar refractivity (Wildman–Crippen MR) is 156 cm³/mol. The van der Waals surface area contributed by atoms with Gasteiger partial charge in [0, 0.05) is 39.8 Å². The van der Waals surface area contributed by atoms with E-state index in [1.165, 1.54) is 11.8 Å². The standard InChI is InChI=1S/C29H31Cl3N2O2S/c1-3-20(2)33-29(36)27(16-21-10-5-4-6-11-21)34(17-22-12-7-8-13-24(22)30)28(35)19-37-18-23-25(31)14-9-15-26(23)32/h4-15,20,27H,3,16-19H2,1-2H3,(H,33,36)/t20-,27-/m1/s1. The Morgan fingerprint density at radius 2 is 1.51 bits per heavy atom. The van der Waals surface area contributed by atoms with Crippen LogP contribution in [0.25, 0.3) is 0 Å². The maximum absolute atomic E-state index is 13.7. The second kappa shape index (κ2) is 14.7. The van der Waals surface area contributed by atoms with Gasteiger partial charge in [-0.15, -0.1) is 11.8 Å². The fraction of sp³-hybridized carbons (Fsp3) is 0.310. The smallest absolute Gasteiger partial charge is 0.243 e. The third kappa shape index (κ3) is 8.68. The molecule has 3 aromatic rings. The molecule has 3 aromatic carbocycles. The molecule has 37 heavy (non-hydrogen) atoms. The van der Waals surface area contributed by atoms with E-state index in [9.17, 15) is 9.59 Å². The number of nitrogens with zero attached hydrogens (tertiary/aromatic N) is 1. The Labute approximate surface area is 238 Å². The van der Waals surface area contributed by atoms with E-state index in [2.05, 4.69) is 5.32 Å². The van der Waals surface area contributed by atoms with Gasteiger partial charge in [-0.2, -0.15) is 0 Å². The number of benzene rings is 3. The maximum atomic E-state index is 13.7. The lowest BCUT2D eigenvalue weighted by molar-refractivity contribution is -0.139. The van der Waals surface area contributed by atoms with Crippen molar-refractivity contribution in [1.82, 2.24) is 10.2 Å². The van der Waals surface area contributed by atoms with E-state index < -0.39 is 6.04 Å². The minimum atomic E-state index is -0.704. The van der Waals surface area contributed by atoms with Crippen LogP contribution in [-0.4, -0.2) is 34.6 Å². The number of rotatable bonds is 12. The van der Waals surface area contributed by atoms with Crippen molar-refractivity contribution in [1.29, 1.82) is 0 Å². The molecule has 0 aromatic heterocycles. The fourth-order valence-electron chi connectivity index (χ4n) is 3.80. The Hall–Kier alpha value is -2.18. The normalized spacial score (nSPS) is 12.6. The Morgan fingerprint density at radius 3 is 2.16 bits per heavy atom. The summed E-state index contributed by atoms with van der Waals surface area (Å²) in [5.41, 5.74) is 2.54. The van der Waals surface area contributed by atoms with Gasteiger partial charge in [0.25, 0.3) is 0 Å². The predicted octanol–water partition coefficient (Wildman–Crippen LogP) is 7.43. The largest absolute Gasteiger partial charge is 0.352 e. The summed E-state index contributed by atoms with van der Waals surface area (Å²) in [7, 11) is 0. The molecular formula is C29H31Cl3N2O2S. The molecule has 0 bridgehead atoms. The van der Waals surface area contributed by atoms with Crippen molar-refractivity contribution in [2.75, 3.05) is 5.75 Å². The van der Waals surface area contributed by atoms with Gasteiger partial charge in [0.2, 0.25) is 11.8 Å². The van der Waals surface area contributed by atoms with E-state index in [4.69, 9.17) is 34.8 Å². The summed E-state index contributed by atoms with van der Waals surface area (Å²) >= 11 is 20.5. The van der Waals surface area contributed by atoms with Crippen LogP contribution in [-0.2, 0) is 28.3 Å². The Bertz CT molecular complexity index is 1170. The van der Waals surface area contributed by atoms with Gasteiger partial charge in [-0.25, -0.2) is 0 Å². The Balaban J connectivity index is 1.89. The highest BCUT2D eigenvalue weighted by Crippen LogP contribution is 2.29. The van der Waals surface area contributed by atoms with Gasteiger partial charge in [0.15, 0.2) is 0 Å². The summed E-state index contributed by atoms with van der Waals surface area (Å²) < 4.78 is 0. The van der Waals surface area contributed by atoms with E-state index in [-0.39, 0.29) is 30.2 Å². The zero-order valence-electron chi connectivity index (χ0n) is 20.9. The Morgan fingerprint density at radius 1 is 0.892 bits per heavy atom. The summed E-state index contributed by atoms with van der Waals surface area (Å²) in [4.78, 5) is 28.9. The van der Waals surface area contributed by atoms with Crippen LogP contribution >= 0.6 is 46.6 Å². The molecule has 0 aliphatic heterocycles. The van der Waals surface area contributed by atoms with Gasteiger partial charge < -0.3 is 10.2 Å². The third-order valence-corrected chi connectivity index (χ3v) is 8.13. The van der Waals surface area contributed by atoms with Gasteiger partial charge in [-0.05, 0) is 48.2 Å². The molecule has 8 heteroatoms. The molecule has 2 amide bonds. The summed E-state index contributed by atoms with van der Waals surface area (Å²) in [6.07, 6.45) is 1.18. The number of hydrogen-bond donors (Lipinski definition) is 1. The lowest BCUT2D eigenvalue weighted by Crippen LogP contribution is -2.52. The van der Waals surface area contributed by atoms with Crippen LogP contribution in [0.3, 0.4) is 0 Å². The second-order valence-electron chi connectivity index (χ2n) is 8.83. The van der Waals surface area contributed by atoms with Crippen LogP contribution < -0.4 is 5.32 Å². The monoisotopic (exact) mass is 576 g/mol. The molecule has 0 radical (unpaired) electrons. The first-order chi connectivity index (χ1) is 17.8. The summed E-state index contributed by atoms with van der Waals surface area (Å²) in [5.74, 6) is 0.298. The van der Waals surface area contributed by atoms with Gasteiger partial charge >= 0.3 is 0 Å². The highest BCUT2D eigenvalue weighted by Gasteiger charge is 2.31. The number of amides is 2. The van der Waals surface area contributed by atoms with Crippen molar-refractivity contribution in [3.05, 3.63) is 105 Å². The number of nitrogens with one attached hydrogen (secondary N) is 1.